The van der Waals surface area contributed by atoms with Crippen LogP contribution >= 0.6 is 0 Å². The number of rotatable bonds is 3. The fourth-order valence-corrected chi connectivity index (χ4v) is 2.21. The van der Waals surface area contributed by atoms with Crippen LogP contribution in [0.1, 0.15) is 6.92 Å². The van der Waals surface area contributed by atoms with Gasteiger partial charge in [0.1, 0.15) is 0 Å². The molecule has 0 radical (unpaired) electrons. The van der Waals surface area contributed by atoms with Crippen LogP contribution in [0.15, 0.2) is 29.2 Å². The number of nitrogens with zero attached hydrogens (tertiary/aromatic N) is 1. The topological polar surface area (TPSA) is 66.5 Å². The van der Waals surface area contributed by atoms with Gasteiger partial charge in [0.15, 0.2) is 9.84 Å². The molecule has 0 heterocycles. The fraction of sp³-hybridized carbons (Fsp3) is 0.364. The quantitative estimate of drug-likeness (QED) is 0.885. The first kappa shape index (κ1) is 13.5. The van der Waals surface area contributed by atoms with Crippen molar-refractivity contribution in [2.75, 3.05) is 24.7 Å². The molecule has 0 aliphatic heterocycles. The third-order valence-corrected chi connectivity index (χ3v) is 4.23. The normalized spacial score (nSPS) is 11.0. The third-order valence-electron chi connectivity index (χ3n) is 2.48. The summed E-state index contributed by atoms with van der Waals surface area (Å²) in [6.45, 7) is 1.60. The zero-order chi connectivity index (χ0) is 13.1. The Morgan fingerprint density at radius 1 is 1.29 bits per heavy atom. The van der Waals surface area contributed by atoms with E-state index in [9.17, 15) is 13.2 Å². The van der Waals surface area contributed by atoms with Crippen LogP contribution in [0.25, 0.3) is 0 Å². The van der Waals surface area contributed by atoms with Crippen LogP contribution in [0.2, 0.25) is 0 Å². The number of amides is 2. The molecule has 6 heteroatoms. The Bertz CT molecular complexity index is 494. The number of anilines is 1. The average molecular weight is 256 g/mol. The lowest BCUT2D eigenvalue weighted by Crippen LogP contribution is -2.34. The summed E-state index contributed by atoms with van der Waals surface area (Å²) < 4.78 is 23.2. The molecule has 17 heavy (non-hydrogen) atoms. The van der Waals surface area contributed by atoms with Gasteiger partial charge in [-0.3, -0.25) is 4.90 Å². The van der Waals surface area contributed by atoms with E-state index in [0.29, 0.717) is 5.69 Å². The molecule has 1 aromatic carbocycles. The van der Waals surface area contributed by atoms with Crippen molar-refractivity contribution in [2.24, 2.45) is 0 Å². The first-order chi connectivity index (χ1) is 7.92. The molecule has 0 bridgehead atoms. The number of hydrogen-bond acceptors (Lipinski definition) is 3. The van der Waals surface area contributed by atoms with Crippen molar-refractivity contribution in [1.29, 1.82) is 0 Å². The van der Waals surface area contributed by atoms with Crippen LogP contribution in [0.3, 0.4) is 0 Å². The van der Waals surface area contributed by atoms with Gasteiger partial charge in [-0.25, -0.2) is 13.2 Å². The summed E-state index contributed by atoms with van der Waals surface area (Å²) in [5.41, 5.74) is 0.638. The van der Waals surface area contributed by atoms with Gasteiger partial charge in [0.25, 0.3) is 0 Å². The van der Waals surface area contributed by atoms with E-state index >= 15 is 0 Å². The molecule has 1 rings (SSSR count). The standard InChI is InChI=1S/C11H16N2O3S/c1-4-17(15,16)10-7-5-9(6-8-10)13(3)11(14)12-2/h5-8H,4H2,1-3H3,(H,12,14). The molecule has 94 valence electrons. The number of sulfone groups is 1. The highest BCUT2D eigenvalue weighted by Crippen LogP contribution is 2.17. The van der Waals surface area contributed by atoms with Gasteiger partial charge in [0.2, 0.25) is 0 Å². The Hall–Kier alpha value is -1.56. The smallest absolute Gasteiger partial charge is 0.321 e. The zero-order valence-corrected chi connectivity index (χ0v) is 10.9. The van der Waals surface area contributed by atoms with Gasteiger partial charge in [-0.15, -0.1) is 0 Å². The molecular formula is C11H16N2O3S. The Morgan fingerprint density at radius 3 is 2.24 bits per heavy atom. The second-order valence-corrected chi connectivity index (χ2v) is 5.79. The summed E-state index contributed by atoms with van der Waals surface area (Å²) in [5, 5.41) is 2.49. The van der Waals surface area contributed by atoms with Gasteiger partial charge in [-0.05, 0) is 24.3 Å². The first-order valence-electron chi connectivity index (χ1n) is 5.20. The van der Waals surface area contributed by atoms with Crippen LogP contribution < -0.4 is 10.2 Å². The second-order valence-electron chi connectivity index (χ2n) is 3.51. The number of nitrogens with one attached hydrogen (secondary N) is 1. The van der Waals surface area contributed by atoms with Gasteiger partial charge in [0.05, 0.1) is 10.6 Å². The molecular weight excluding hydrogens is 240 g/mol. The average Bonchev–Trinajstić information content (AvgIpc) is 2.37. The number of urea groups is 1. The lowest BCUT2D eigenvalue weighted by Gasteiger charge is -2.16. The van der Waals surface area contributed by atoms with E-state index in [1.165, 1.54) is 24.1 Å². The summed E-state index contributed by atoms with van der Waals surface area (Å²) in [4.78, 5) is 13.0. The monoisotopic (exact) mass is 256 g/mol. The van der Waals surface area contributed by atoms with Crippen molar-refractivity contribution in [3.63, 3.8) is 0 Å². The van der Waals surface area contributed by atoms with Crippen LogP contribution in [0, 0.1) is 0 Å². The molecule has 0 spiro atoms. The molecule has 1 aromatic rings. The number of benzene rings is 1. The van der Waals surface area contributed by atoms with E-state index in [4.69, 9.17) is 0 Å². The van der Waals surface area contributed by atoms with E-state index in [2.05, 4.69) is 5.32 Å². The van der Waals surface area contributed by atoms with Crippen LogP contribution in [0.5, 0.6) is 0 Å². The first-order valence-corrected chi connectivity index (χ1v) is 6.86. The molecule has 0 aliphatic carbocycles. The van der Waals surface area contributed by atoms with Crippen molar-refractivity contribution in [3.8, 4) is 0 Å². The van der Waals surface area contributed by atoms with Crippen LogP contribution in [-0.4, -0.2) is 34.3 Å². The molecule has 0 aliphatic rings. The zero-order valence-electron chi connectivity index (χ0n) is 10.1. The Morgan fingerprint density at radius 2 is 1.82 bits per heavy atom. The highest BCUT2D eigenvalue weighted by molar-refractivity contribution is 7.91. The van der Waals surface area contributed by atoms with Crippen LogP contribution in [0.4, 0.5) is 10.5 Å². The maximum atomic E-state index is 11.6. The van der Waals surface area contributed by atoms with Gasteiger partial charge in [-0.1, -0.05) is 6.92 Å². The van der Waals surface area contributed by atoms with E-state index in [-0.39, 0.29) is 16.7 Å². The molecule has 1 N–H and O–H groups in total. The molecule has 0 saturated heterocycles. The minimum atomic E-state index is -3.19. The predicted octanol–water partition coefficient (Wildman–Crippen LogP) is 1.26. The van der Waals surface area contributed by atoms with E-state index in [1.54, 1.807) is 26.1 Å². The molecule has 0 atom stereocenters. The SMILES string of the molecule is CCS(=O)(=O)c1ccc(N(C)C(=O)NC)cc1. The molecule has 0 unspecified atom stereocenters. The van der Waals surface area contributed by atoms with Crippen molar-refractivity contribution >= 4 is 21.6 Å². The summed E-state index contributed by atoms with van der Waals surface area (Å²) in [6.07, 6.45) is 0. The Balaban J connectivity index is 3.00. The number of hydrogen-bond donors (Lipinski definition) is 1. The van der Waals surface area contributed by atoms with E-state index in [0.717, 1.165) is 0 Å². The fourth-order valence-electron chi connectivity index (χ4n) is 1.33. The summed E-state index contributed by atoms with van der Waals surface area (Å²) in [5.74, 6) is 0.0671. The summed E-state index contributed by atoms with van der Waals surface area (Å²) in [7, 11) is -0.0358. The van der Waals surface area contributed by atoms with Crippen LogP contribution in [-0.2, 0) is 9.84 Å². The van der Waals surface area contributed by atoms with Gasteiger partial charge < -0.3 is 5.32 Å². The Labute approximate surface area is 101 Å². The summed E-state index contributed by atoms with van der Waals surface area (Å²) >= 11 is 0. The molecule has 0 fully saturated rings. The van der Waals surface area contributed by atoms with Crippen molar-refractivity contribution < 1.29 is 13.2 Å². The summed E-state index contributed by atoms with van der Waals surface area (Å²) in [6, 6.07) is 5.98. The third kappa shape index (κ3) is 2.97. The van der Waals surface area contributed by atoms with Crippen molar-refractivity contribution in [2.45, 2.75) is 11.8 Å². The highest BCUT2D eigenvalue weighted by Gasteiger charge is 2.13. The molecule has 5 nitrogen and oxygen atoms in total. The predicted molar refractivity (Wildman–Crippen MR) is 67.0 cm³/mol. The van der Waals surface area contributed by atoms with Crippen molar-refractivity contribution in [3.05, 3.63) is 24.3 Å². The number of carbonyl (C=O) groups excluding carboxylic acids is 1. The lowest BCUT2D eigenvalue weighted by atomic mass is 10.3. The van der Waals surface area contributed by atoms with Gasteiger partial charge >= 0.3 is 6.03 Å². The second kappa shape index (κ2) is 5.18. The molecule has 0 aromatic heterocycles. The maximum absolute atomic E-state index is 11.6. The van der Waals surface area contributed by atoms with Gasteiger partial charge in [0, 0.05) is 19.8 Å². The van der Waals surface area contributed by atoms with Crippen molar-refractivity contribution in [1.82, 2.24) is 5.32 Å². The lowest BCUT2D eigenvalue weighted by molar-refractivity contribution is 0.249. The van der Waals surface area contributed by atoms with E-state index < -0.39 is 9.84 Å². The minimum absolute atomic E-state index is 0.0671. The van der Waals surface area contributed by atoms with Gasteiger partial charge in [-0.2, -0.15) is 0 Å². The Kier molecular flexibility index (Phi) is 4.11. The number of carbonyl (C=O) groups is 1. The minimum Gasteiger partial charge on any atom is -0.341 e. The molecule has 2 amide bonds. The highest BCUT2D eigenvalue weighted by atomic mass is 32.2. The molecule has 0 saturated carbocycles. The van der Waals surface area contributed by atoms with E-state index in [1.807, 2.05) is 0 Å². The maximum Gasteiger partial charge on any atom is 0.321 e. The largest absolute Gasteiger partial charge is 0.341 e.